The molecule has 1 N–H and O–H groups in total. The van der Waals surface area contributed by atoms with E-state index < -0.39 is 11.0 Å². The van der Waals surface area contributed by atoms with E-state index in [1.54, 1.807) is 17.2 Å². The van der Waals surface area contributed by atoms with Crippen LogP contribution in [0, 0.1) is 16.7 Å². The molecular formula is C32H34N4O3. The first-order valence-electron chi connectivity index (χ1n) is 13.5. The topological polar surface area (TPSA) is 95.3 Å². The molecule has 1 aliphatic carbocycles. The normalized spacial score (nSPS) is 20.1. The van der Waals surface area contributed by atoms with E-state index in [0.29, 0.717) is 31.0 Å². The highest BCUT2D eigenvalue weighted by molar-refractivity contribution is 5.94. The van der Waals surface area contributed by atoms with E-state index in [4.69, 9.17) is 4.74 Å². The number of amides is 2. The molecule has 1 saturated carbocycles. The first kappa shape index (κ1) is 26.4. The van der Waals surface area contributed by atoms with Crippen LogP contribution in [0.15, 0.2) is 72.9 Å². The van der Waals surface area contributed by atoms with Crippen molar-refractivity contribution in [2.24, 2.45) is 5.41 Å². The maximum atomic E-state index is 13.4. The summed E-state index contributed by atoms with van der Waals surface area (Å²) in [6.45, 7) is 6.28. The lowest BCUT2D eigenvalue weighted by molar-refractivity contribution is -0.0770. The summed E-state index contributed by atoms with van der Waals surface area (Å²) in [6.07, 6.45) is 4.35. The van der Waals surface area contributed by atoms with Gasteiger partial charge in [-0.3, -0.25) is 9.78 Å². The Morgan fingerprint density at radius 1 is 1.15 bits per heavy atom. The van der Waals surface area contributed by atoms with Gasteiger partial charge in [0.1, 0.15) is 5.60 Å². The Morgan fingerprint density at radius 3 is 2.46 bits per heavy atom. The van der Waals surface area contributed by atoms with E-state index >= 15 is 0 Å². The second kappa shape index (κ2) is 10.5. The number of rotatable bonds is 8. The SMILES string of the molecule is CC(c1ccc(-c2ccc(C(=O)NC3CC3)cn2)cc1)N1CCC(CC(C)(C)C#N)(c2ccccc2)OC1=O. The van der Waals surface area contributed by atoms with E-state index in [0.717, 1.165) is 35.2 Å². The van der Waals surface area contributed by atoms with Crippen LogP contribution in [0.3, 0.4) is 0 Å². The van der Waals surface area contributed by atoms with Gasteiger partial charge in [-0.25, -0.2) is 4.79 Å². The maximum Gasteiger partial charge on any atom is 0.411 e. The molecule has 200 valence electrons. The predicted molar refractivity (Wildman–Crippen MR) is 149 cm³/mol. The van der Waals surface area contributed by atoms with E-state index in [1.807, 2.05) is 81.4 Å². The Bertz CT molecular complexity index is 1380. The van der Waals surface area contributed by atoms with Crippen LogP contribution in [-0.4, -0.2) is 34.5 Å². The molecule has 2 fully saturated rings. The van der Waals surface area contributed by atoms with Gasteiger partial charge in [-0.1, -0.05) is 54.6 Å². The minimum Gasteiger partial charge on any atom is -0.438 e. The lowest BCUT2D eigenvalue weighted by Crippen LogP contribution is -2.50. The van der Waals surface area contributed by atoms with Crippen molar-refractivity contribution >= 4 is 12.0 Å². The van der Waals surface area contributed by atoms with Crippen LogP contribution in [0.5, 0.6) is 0 Å². The zero-order valence-corrected chi connectivity index (χ0v) is 22.7. The molecule has 0 spiro atoms. The molecule has 1 saturated heterocycles. The van der Waals surface area contributed by atoms with Gasteiger partial charge in [-0.2, -0.15) is 5.26 Å². The summed E-state index contributed by atoms with van der Waals surface area (Å²) in [5.41, 5.74) is 2.69. The molecule has 7 heteroatoms. The average Bonchev–Trinajstić information content (AvgIpc) is 3.77. The summed E-state index contributed by atoms with van der Waals surface area (Å²) >= 11 is 0. The third-order valence-electron chi connectivity index (χ3n) is 7.70. The number of benzene rings is 2. The van der Waals surface area contributed by atoms with Gasteiger partial charge in [0.05, 0.1) is 28.8 Å². The fraction of sp³-hybridized carbons (Fsp3) is 0.375. The highest BCUT2D eigenvalue weighted by Crippen LogP contribution is 2.44. The average molecular weight is 523 g/mol. The highest BCUT2D eigenvalue weighted by Gasteiger charge is 2.46. The molecule has 2 aromatic carbocycles. The molecule has 0 radical (unpaired) electrons. The molecule has 2 aliphatic rings. The van der Waals surface area contributed by atoms with Crippen molar-refractivity contribution in [3.63, 3.8) is 0 Å². The summed E-state index contributed by atoms with van der Waals surface area (Å²) in [4.78, 5) is 31.9. The van der Waals surface area contributed by atoms with Gasteiger partial charge in [0.2, 0.25) is 0 Å². The number of nitrogens with one attached hydrogen (secondary N) is 1. The molecule has 1 aliphatic heterocycles. The molecule has 2 unspecified atom stereocenters. The van der Waals surface area contributed by atoms with E-state index in [2.05, 4.69) is 16.4 Å². The van der Waals surface area contributed by atoms with Gasteiger partial charge in [-0.15, -0.1) is 0 Å². The molecule has 2 heterocycles. The number of ether oxygens (including phenoxy) is 1. The Balaban J connectivity index is 1.28. The van der Waals surface area contributed by atoms with Crippen molar-refractivity contribution in [1.82, 2.24) is 15.2 Å². The molecule has 7 nitrogen and oxygen atoms in total. The highest BCUT2D eigenvalue weighted by atomic mass is 16.6. The lowest BCUT2D eigenvalue weighted by Gasteiger charge is -2.45. The number of hydrogen-bond donors (Lipinski definition) is 1. The molecule has 3 aromatic rings. The predicted octanol–water partition coefficient (Wildman–Crippen LogP) is 6.38. The maximum absolute atomic E-state index is 13.4. The van der Waals surface area contributed by atoms with Crippen molar-refractivity contribution < 1.29 is 14.3 Å². The smallest absolute Gasteiger partial charge is 0.411 e. The molecule has 5 rings (SSSR count). The molecule has 2 atom stereocenters. The number of pyridine rings is 1. The summed E-state index contributed by atoms with van der Waals surface area (Å²) in [5, 5.41) is 12.7. The Hall–Kier alpha value is -4.18. The number of carbonyl (C=O) groups excluding carboxylic acids is 2. The second-order valence-electron chi connectivity index (χ2n) is 11.3. The van der Waals surface area contributed by atoms with E-state index in [-0.39, 0.29) is 18.0 Å². The Morgan fingerprint density at radius 2 is 1.87 bits per heavy atom. The third-order valence-corrected chi connectivity index (χ3v) is 7.70. The van der Waals surface area contributed by atoms with Gasteiger partial charge in [0.25, 0.3) is 5.91 Å². The standard InChI is InChI=1S/C32H34N4O3/c1-22(23-9-11-24(12-10-23)28-16-13-25(19-34-28)29(37)35-27-14-15-27)36-18-17-32(39-30(36)38,20-31(2,3)21-33)26-7-5-4-6-8-26/h4-13,16,19,22,27H,14-15,17-18,20H2,1-3H3,(H,35,37). The molecular weight excluding hydrogens is 488 g/mol. The monoisotopic (exact) mass is 522 g/mol. The minimum atomic E-state index is -0.842. The van der Waals surface area contributed by atoms with Gasteiger partial charge in [-0.05, 0) is 56.9 Å². The Kier molecular flexibility index (Phi) is 7.14. The Labute approximate surface area is 229 Å². The third kappa shape index (κ3) is 5.80. The van der Waals surface area contributed by atoms with Crippen LogP contribution >= 0.6 is 0 Å². The summed E-state index contributed by atoms with van der Waals surface area (Å²) in [5.74, 6) is -0.0818. The molecule has 39 heavy (non-hydrogen) atoms. The summed E-state index contributed by atoms with van der Waals surface area (Å²) in [7, 11) is 0. The number of aromatic nitrogens is 1. The first-order valence-corrected chi connectivity index (χ1v) is 13.5. The first-order chi connectivity index (χ1) is 18.7. The lowest BCUT2D eigenvalue weighted by atomic mass is 9.75. The molecule has 1 aromatic heterocycles. The van der Waals surface area contributed by atoms with Crippen LogP contribution in [0.1, 0.15) is 74.0 Å². The number of nitrogens with zero attached hydrogens (tertiary/aromatic N) is 3. The van der Waals surface area contributed by atoms with Crippen molar-refractivity contribution in [3.05, 3.63) is 89.6 Å². The summed E-state index contributed by atoms with van der Waals surface area (Å²) in [6, 6.07) is 23.9. The summed E-state index contributed by atoms with van der Waals surface area (Å²) < 4.78 is 6.20. The molecule has 0 bridgehead atoms. The molecule has 2 amide bonds. The number of carbonyl (C=O) groups is 2. The van der Waals surface area contributed by atoms with Crippen LogP contribution in [0.4, 0.5) is 4.79 Å². The van der Waals surface area contributed by atoms with Crippen LogP contribution in [0.2, 0.25) is 0 Å². The van der Waals surface area contributed by atoms with Gasteiger partial charge in [0.15, 0.2) is 0 Å². The van der Waals surface area contributed by atoms with E-state index in [1.165, 1.54) is 0 Å². The van der Waals surface area contributed by atoms with Crippen LogP contribution in [-0.2, 0) is 10.3 Å². The van der Waals surface area contributed by atoms with Crippen molar-refractivity contribution in [2.45, 2.75) is 64.1 Å². The second-order valence-corrected chi connectivity index (χ2v) is 11.3. The quantitative estimate of drug-likeness (QED) is 0.370. The zero-order chi connectivity index (χ0) is 27.6. The zero-order valence-electron chi connectivity index (χ0n) is 22.7. The fourth-order valence-electron chi connectivity index (χ4n) is 5.25. The van der Waals surface area contributed by atoms with Crippen molar-refractivity contribution in [3.8, 4) is 17.3 Å². The van der Waals surface area contributed by atoms with Crippen LogP contribution < -0.4 is 5.32 Å². The van der Waals surface area contributed by atoms with Gasteiger partial charge >= 0.3 is 6.09 Å². The number of nitriles is 1. The van der Waals surface area contributed by atoms with Gasteiger partial charge < -0.3 is 15.0 Å². The van der Waals surface area contributed by atoms with Crippen molar-refractivity contribution in [1.29, 1.82) is 5.26 Å². The largest absolute Gasteiger partial charge is 0.438 e. The fourth-order valence-corrected chi connectivity index (χ4v) is 5.25. The van der Waals surface area contributed by atoms with Crippen LogP contribution in [0.25, 0.3) is 11.3 Å². The van der Waals surface area contributed by atoms with Gasteiger partial charge in [0, 0.05) is 37.2 Å². The minimum absolute atomic E-state index is 0.0818. The van der Waals surface area contributed by atoms with Crippen molar-refractivity contribution in [2.75, 3.05) is 6.54 Å². The van der Waals surface area contributed by atoms with E-state index in [9.17, 15) is 14.9 Å². The number of hydrogen-bond acceptors (Lipinski definition) is 5. The number of cyclic esters (lactones) is 1.